The van der Waals surface area contributed by atoms with Gasteiger partial charge in [0.05, 0.1) is 21.8 Å². The molecular weight excluding hydrogens is 568 g/mol. The Morgan fingerprint density at radius 3 is 2.58 bits per heavy atom. The number of methoxy groups -OCH3 is 1. The minimum atomic E-state index is -0.371. The van der Waals surface area contributed by atoms with Gasteiger partial charge in [-0.05, 0) is 77.3 Å². The Balaban J connectivity index is 1.99. The highest BCUT2D eigenvalue weighted by molar-refractivity contribution is 9.10. The van der Waals surface area contributed by atoms with Gasteiger partial charge in [0.1, 0.15) is 10.7 Å². The highest BCUT2D eigenvalue weighted by Crippen LogP contribution is 2.35. The Labute approximate surface area is 233 Å². The van der Waals surface area contributed by atoms with E-state index in [2.05, 4.69) is 33.8 Å². The molecular formula is C28H29BrN4O4S. The second-order valence-corrected chi connectivity index (χ2v) is 10.9. The summed E-state index contributed by atoms with van der Waals surface area (Å²) in [5.41, 5.74) is 2.73. The van der Waals surface area contributed by atoms with E-state index in [1.54, 1.807) is 23.1 Å². The number of amides is 1. The Kier molecular flexibility index (Phi) is 8.41. The molecule has 1 aromatic heterocycles. The van der Waals surface area contributed by atoms with Crippen molar-refractivity contribution in [3.63, 3.8) is 0 Å². The summed E-state index contributed by atoms with van der Waals surface area (Å²) in [6.07, 6.45) is 1.67. The van der Waals surface area contributed by atoms with Crippen molar-refractivity contribution in [3.05, 3.63) is 71.0 Å². The molecule has 1 N–H and O–H groups in total. The number of ether oxygens (including phenoxy) is 1. The zero-order valence-corrected chi connectivity index (χ0v) is 24.1. The van der Waals surface area contributed by atoms with E-state index in [9.17, 15) is 20.0 Å². The summed E-state index contributed by atoms with van der Waals surface area (Å²) in [5.74, 6) is -0.162. The molecule has 0 unspecified atom stereocenters. The lowest BCUT2D eigenvalue weighted by Gasteiger charge is -2.33. The van der Waals surface area contributed by atoms with Crippen LogP contribution in [0.1, 0.15) is 23.6 Å². The van der Waals surface area contributed by atoms with Crippen LogP contribution in [0.2, 0.25) is 0 Å². The second-order valence-electron chi connectivity index (χ2n) is 9.04. The highest BCUT2D eigenvalue weighted by Gasteiger charge is 2.26. The third-order valence-electron chi connectivity index (χ3n) is 6.86. The van der Waals surface area contributed by atoms with Crippen molar-refractivity contribution in [2.75, 3.05) is 39.8 Å². The van der Waals surface area contributed by atoms with Crippen molar-refractivity contribution >= 4 is 44.8 Å². The maximum Gasteiger partial charge on any atom is 0.273 e. The molecule has 1 fully saturated rings. The van der Waals surface area contributed by atoms with Gasteiger partial charge in [-0.1, -0.05) is 19.1 Å². The third kappa shape index (κ3) is 5.27. The van der Waals surface area contributed by atoms with Crippen molar-refractivity contribution in [1.29, 1.82) is 5.26 Å². The molecule has 1 amide bonds. The van der Waals surface area contributed by atoms with Crippen LogP contribution in [0.15, 0.2) is 39.6 Å². The number of aromatic nitrogens is 1. The first-order valence-electron chi connectivity index (χ1n) is 12.2. The SMILES string of the molecule is CCN1CCN(C(=O)/C(C#N)=c2\s/c(=C\c3cc(Br)c(O)c(OC)c3)c(=O)n2-c2cccc(C)c2C)CC1. The Morgan fingerprint density at radius 1 is 1.24 bits per heavy atom. The summed E-state index contributed by atoms with van der Waals surface area (Å²) in [6, 6.07) is 11.0. The van der Waals surface area contributed by atoms with Crippen molar-refractivity contribution in [2.24, 2.45) is 0 Å². The van der Waals surface area contributed by atoms with Gasteiger partial charge in [0.2, 0.25) is 0 Å². The summed E-state index contributed by atoms with van der Waals surface area (Å²) < 4.78 is 7.79. The number of rotatable bonds is 5. The van der Waals surface area contributed by atoms with E-state index >= 15 is 0 Å². The number of benzene rings is 2. The van der Waals surface area contributed by atoms with E-state index in [1.165, 1.54) is 11.7 Å². The van der Waals surface area contributed by atoms with Crippen LogP contribution in [0.5, 0.6) is 11.5 Å². The van der Waals surface area contributed by atoms with E-state index in [4.69, 9.17) is 4.74 Å². The van der Waals surface area contributed by atoms with Crippen LogP contribution in [0.4, 0.5) is 0 Å². The maximum atomic E-state index is 13.9. The highest BCUT2D eigenvalue weighted by atomic mass is 79.9. The number of hydrogen-bond donors (Lipinski definition) is 1. The normalized spacial score (nSPS) is 15.4. The molecule has 0 radical (unpaired) electrons. The average Bonchev–Trinajstić information content (AvgIpc) is 3.23. The first kappa shape index (κ1) is 27.6. The van der Waals surface area contributed by atoms with Crippen molar-refractivity contribution in [2.45, 2.75) is 20.8 Å². The number of halogens is 1. The van der Waals surface area contributed by atoms with Gasteiger partial charge in [0, 0.05) is 26.2 Å². The number of carbonyl (C=O) groups excluding carboxylic acids is 1. The quantitative estimate of drug-likeness (QED) is 0.486. The number of aryl methyl sites for hydroxylation is 1. The number of hydrogen-bond acceptors (Lipinski definition) is 7. The van der Waals surface area contributed by atoms with Crippen molar-refractivity contribution < 1.29 is 14.6 Å². The first-order valence-corrected chi connectivity index (χ1v) is 13.8. The Bertz CT molecular complexity index is 1610. The summed E-state index contributed by atoms with van der Waals surface area (Å²) in [5, 5.41) is 20.4. The van der Waals surface area contributed by atoms with E-state index in [1.807, 2.05) is 32.0 Å². The number of carbonyl (C=O) groups is 1. The van der Waals surface area contributed by atoms with Crippen LogP contribution in [0, 0.1) is 25.2 Å². The minimum absolute atomic E-state index is 0.0433. The fraction of sp³-hybridized carbons (Fsp3) is 0.321. The summed E-state index contributed by atoms with van der Waals surface area (Å²) >= 11 is 4.42. The number of thiazole rings is 1. The molecule has 0 bridgehead atoms. The zero-order valence-electron chi connectivity index (χ0n) is 21.7. The Morgan fingerprint density at radius 2 is 1.95 bits per heavy atom. The van der Waals surface area contributed by atoms with Crippen LogP contribution in [0.25, 0.3) is 17.3 Å². The molecule has 10 heteroatoms. The van der Waals surface area contributed by atoms with Crippen LogP contribution in [0.3, 0.4) is 0 Å². The second kappa shape index (κ2) is 11.6. The van der Waals surface area contributed by atoms with Gasteiger partial charge < -0.3 is 19.6 Å². The fourth-order valence-electron chi connectivity index (χ4n) is 4.44. The lowest BCUT2D eigenvalue weighted by Crippen LogP contribution is -2.49. The molecule has 198 valence electrons. The predicted octanol–water partition coefficient (Wildman–Crippen LogP) is 2.66. The number of nitriles is 1. The zero-order chi connectivity index (χ0) is 27.6. The molecule has 0 atom stereocenters. The molecule has 2 aromatic carbocycles. The van der Waals surface area contributed by atoms with E-state index in [0.717, 1.165) is 42.1 Å². The standard InChI is InChI=1S/C28H29BrN4O4S/c1-5-31-9-11-32(12-10-31)26(35)20(16-30)28-33(22-8-6-7-17(2)18(22)3)27(36)24(38-28)15-19-13-21(29)25(34)23(14-19)37-4/h6-8,13-15,34H,5,9-12H2,1-4H3/b24-15-,28-20-. The van der Waals surface area contributed by atoms with E-state index in [0.29, 0.717) is 38.0 Å². The monoisotopic (exact) mass is 596 g/mol. The van der Waals surface area contributed by atoms with Crippen LogP contribution >= 0.6 is 27.3 Å². The largest absolute Gasteiger partial charge is 0.503 e. The number of piperazine rings is 1. The Hall–Kier alpha value is -3.39. The summed E-state index contributed by atoms with van der Waals surface area (Å²) in [4.78, 5) is 31.4. The maximum absolute atomic E-state index is 13.9. The summed E-state index contributed by atoms with van der Waals surface area (Å²) in [7, 11) is 1.45. The van der Waals surface area contributed by atoms with Gasteiger partial charge in [-0.3, -0.25) is 14.2 Å². The van der Waals surface area contributed by atoms with Gasteiger partial charge in [-0.25, -0.2) is 0 Å². The first-order chi connectivity index (χ1) is 18.2. The van der Waals surface area contributed by atoms with Gasteiger partial charge >= 0.3 is 0 Å². The number of phenolic OH excluding ortho intramolecular Hbond substituents is 1. The van der Waals surface area contributed by atoms with Gasteiger partial charge in [0.15, 0.2) is 17.1 Å². The van der Waals surface area contributed by atoms with Crippen molar-refractivity contribution in [3.8, 4) is 23.3 Å². The van der Waals surface area contributed by atoms with Crippen LogP contribution in [-0.2, 0) is 4.79 Å². The molecule has 0 spiro atoms. The van der Waals surface area contributed by atoms with Crippen LogP contribution in [-0.4, -0.2) is 65.2 Å². The molecule has 8 nitrogen and oxygen atoms in total. The number of nitrogens with zero attached hydrogens (tertiary/aromatic N) is 4. The average molecular weight is 598 g/mol. The molecule has 0 saturated carbocycles. The number of phenols is 1. The van der Waals surface area contributed by atoms with Gasteiger partial charge in [-0.15, -0.1) is 11.3 Å². The van der Waals surface area contributed by atoms with Crippen LogP contribution < -0.4 is 19.5 Å². The van der Waals surface area contributed by atoms with Crippen molar-refractivity contribution in [1.82, 2.24) is 14.4 Å². The van der Waals surface area contributed by atoms with E-state index < -0.39 is 0 Å². The van der Waals surface area contributed by atoms with E-state index in [-0.39, 0.29) is 28.5 Å². The number of aromatic hydroxyl groups is 1. The lowest BCUT2D eigenvalue weighted by atomic mass is 10.1. The molecule has 1 aliphatic heterocycles. The molecule has 3 aromatic rings. The third-order valence-corrected chi connectivity index (χ3v) is 8.55. The summed E-state index contributed by atoms with van der Waals surface area (Å²) in [6.45, 7) is 9.40. The smallest absolute Gasteiger partial charge is 0.273 e. The fourth-order valence-corrected chi connectivity index (χ4v) is 5.99. The lowest BCUT2D eigenvalue weighted by molar-refractivity contribution is -0.126. The topological polar surface area (TPSA) is 98.8 Å². The number of likely N-dealkylation sites (N-methyl/N-ethyl adjacent to an activating group) is 1. The molecule has 38 heavy (non-hydrogen) atoms. The molecule has 1 saturated heterocycles. The molecule has 1 aliphatic rings. The molecule has 2 heterocycles. The molecule has 4 rings (SSSR count). The van der Waals surface area contributed by atoms with Gasteiger partial charge in [0.25, 0.3) is 11.5 Å². The molecule has 0 aliphatic carbocycles. The minimum Gasteiger partial charge on any atom is -0.503 e. The predicted molar refractivity (Wildman–Crippen MR) is 152 cm³/mol. The van der Waals surface area contributed by atoms with Gasteiger partial charge in [-0.2, -0.15) is 5.26 Å².